The highest BCUT2D eigenvalue weighted by Crippen LogP contribution is 2.29. The summed E-state index contributed by atoms with van der Waals surface area (Å²) in [5, 5.41) is 0.809. The van der Waals surface area contributed by atoms with E-state index < -0.39 is 0 Å². The van der Waals surface area contributed by atoms with Crippen LogP contribution < -0.4 is 5.73 Å². The van der Waals surface area contributed by atoms with Crippen molar-refractivity contribution in [2.24, 2.45) is 0 Å². The first kappa shape index (κ1) is 9.61. The minimum absolute atomic E-state index is 0.809. The molecule has 1 heterocycles. The van der Waals surface area contributed by atoms with E-state index in [4.69, 9.17) is 5.73 Å². The van der Waals surface area contributed by atoms with E-state index in [9.17, 15) is 0 Å². The van der Waals surface area contributed by atoms with E-state index in [1.54, 1.807) is 23.1 Å². The Morgan fingerprint density at radius 2 is 2.42 bits per heavy atom. The molecule has 0 amide bonds. The fourth-order valence-corrected chi connectivity index (χ4v) is 2.60. The molecule has 4 heteroatoms. The van der Waals surface area contributed by atoms with Crippen LogP contribution in [0, 0.1) is 0 Å². The van der Waals surface area contributed by atoms with Crippen molar-refractivity contribution in [2.45, 2.75) is 18.2 Å². The molecule has 0 saturated carbocycles. The maximum absolute atomic E-state index is 5.75. The van der Waals surface area contributed by atoms with Crippen LogP contribution in [-0.4, -0.2) is 10.7 Å². The van der Waals surface area contributed by atoms with Gasteiger partial charge in [0.25, 0.3) is 0 Å². The molecule has 2 N–H and O–H groups in total. The maximum atomic E-state index is 5.75. The summed E-state index contributed by atoms with van der Waals surface area (Å²) in [6, 6.07) is 0. The number of nitrogen functional groups attached to an aromatic ring is 1. The number of rotatable bonds is 3. The van der Waals surface area contributed by atoms with Gasteiger partial charge in [-0.15, -0.1) is 0 Å². The minimum Gasteiger partial charge on any atom is -0.389 e. The summed E-state index contributed by atoms with van der Waals surface area (Å²) < 4.78 is 1.06. The van der Waals surface area contributed by atoms with Gasteiger partial charge in [0.15, 0.2) is 4.34 Å². The van der Waals surface area contributed by atoms with E-state index >= 15 is 0 Å². The normalized spacial score (nSPS) is 11.2. The van der Waals surface area contributed by atoms with Gasteiger partial charge in [0, 0.05) is 0 Å². The number of aromatic nitrogens is 1. The molecule has 1 aromatic rings. The number of thioether (sulfide) groups is 1. The zero-order valence-electron chi connectivity index (χ0n) is 7.20. The number of allylic oxidation sites excluding steroid dienone is 1. The molecule has 2 nitrogen and oxygen atoms in total. The highest BCUT2D eigenvalue weighted by atomic mass is 32.2. The molecule has 0 fully saturated rings. The Kier molecular flexibility index (Phi) is 3.62. The Morgan fingerprint density at radius 1 is 1.67 bits per heavy atom. The summed E-state index contributed by atoms with van der Waals surface area (Å²) in [4.78, 5) is 4.36. The van der Waals surface area contributed by atoms with E-state index in [0.717, 1.165) is 20.8 Å². The second kappa shape index (κ2) is 4.52. The lowest BCUT2D eigenvalue weighted by atomic mass is 10.4. The predicted octanol–water partition coefficient (Wildman–Crippen LogP) is 2.87. The van der Waals surface area contributed by atoms with Crippen LogP contribution in [-0.2, 0) is 0 Å². The number of nitrogens with zero attached hydrogens (tertiary/aromatic N) is 1. The second-order valence-electron chi connectivity index (χ2n) is 2.16. The van der Waals surface area contributed by atoms with E-state index in [1.807, 2.05) is 19.1 Å². The molecule has 0 aliphatic carbocycles. The molecule has 0 spiro atoms. The molecule has 0 aromatic carbocycles. The second-order valence-corrected chi connectivity index (χ2v) is 4.70. The highest BCUT2D eigenvalue weighted by molar-refractivity contribution is 8.01. The Hall–Kier alpha value is -0.480. The molecule has 1 aromatic heterocycles. The van der Waals surface area contributed by atoms with Crippen LogP contribution in [0.25, 0.3) is 6.08 Å². The Bertz CT molecular complexity index is 279. The largest absolute Gasteiger partial charge is 0.389 e. The molecule has 0 radical (unpaired) electrons. The third-order valence-electron chi connectivity index (χ3n) is 1.25. The van der Waals surface area contributed by atoms with Gasteiger partial charge in [0.1, 0.15) is 5.00 Å². The molecular weight excluding hydrogens is 188 g/mol. The summed E-state index contributed by atoms with van der Waals surface area (Å²) >= 11 is 3.29. The summed E-state index contributed by atoms with van der Waals surface area (Å²) in [6.45, 7) is 4.07. The van der Waals surface area contributed by atoms with E-state index in [0.29, 0.717) is 0 Å². The first-order valence-electron chi connectivity index (χ1n) is 3.79. The maximum Gasteiger partial charge on any atom is 0.152 e. The lowest BCUT2D eigenvalue weighted by molar-refractivity contribution is 1.23. The third kappa shape index (κ3) is 2.25. The molecule has 0 unspecified atom stereocenters. The van der Waals surface area contributed by atoms with Gasteiger partial charge in [-0.2, -0.15) is 0 Å². The number of nitrogens with two attached hydrogens (primary N) is 1. The fraction of sp³-hybridized carbons (Fsp3) is 0.375. The Morgan fingerprint density at radius 3 is 3.00 bits per heavy atom. The first-order valence-corrected chi connectivity index (χ1v) is 5.60. The van der Waals surface area contributed by atoms with Crippen LogP contribution >= 0.6 is 23.1 Å². The summed E-state index contributed by atoms with van der Waals surface area (Å²) in [5.74, 6) is 1.04. The standard InChI is InChI=1S/C8H12N2S2/c1-3-5-6-7(9)12-8(10-6)11-4-2/h3,5H,4,9H2,1-2H3/b5-3+. The van der Waals surface area contributed by atoms with Crippen LogP contribution in [0.15, 0.2) is 10.4 Å². The van der Waals surface area contributed by atoms with E-state index in [1.165, 1.54) is 0 Å². The lowest BCUT2D eigenvalue weighted by Gasteiger charge is -1.85. The SMILES string of the molecule is C/C=C/c1nc(SCC)sc1N. The van der Waals surface area contributed by atoms with Crippen molar-refractivity contribution in [1.82, 2.24) is 4.98 Å². The molecule has 0 bridgehead atoms. The Balaban J connectivity index is 2.84. The minimum atomic E-state index is 0.809. The zero-order valence-corrected chi connectivity index (χ0v) is 8.84. The van der Waals surface area contributed by atoms with E-state index in [-0.39, 0.29) is 0 Å². The van der Waals surface area contributed by atoms with Crippen molar-refractivity contribution in [3.05, 3.63) is 11.8 Å². The van der Waals surface area contributed by atoms with Gasteiger partial charge in [-0.05, 0) is 18.8 Å². The quantitative estimate of drug-likeness (QED) is 0.762. The van der Waals surface area contributed by atoms with Gasteiger partial charge in [0.2, 0.25) is 0 Å². The van der Waals surface area contributed by atoms with Gasteiger partial charge < -0.3 is 5.73 Å². The van der Waals surface area contributed by atoms with Crippen LogP contribution in [0.4, 0.5) is 5.00 Å². The van der Waals surface area contributed by atoms with Gasteiger partial charge in [-0.1, -0.05) is 36.1 Å². The van der Waals surface area contributed by atoms with Crippen molar-refractivity contribution < 1.29 is 0 Å². The van der Waals surface area contributed by atoms with Gasteiger partial charge >= 0.3 is 0 Å². The van der Waals surface area contributed by atoms with Gasteiger partial charge in [-0.25, -0.2) is 4.98 Å². The topological polar surface area (TPSA) is 38.9 Å². The Labute approximate surface area is 80.9 Å². The molecule has 66 valence electrons. The van der Waals surface area contributed by atoms with Gasteiger partial charge in [0.05, 0.1) is 5.69 Å². The number of hydrogen-bond donors (Lipinski definition) is 1. The average molecular weight is 200 g/mol. The molecule has 0 aliphatic heterocycles. The molecule has 0 aliphatic rings. The highest BCUT2D eigenvalue weighted by Gasteiger charge is 2.04. The van der Waals surface area contributed by atoms with Crippen LogP contribution in [0.2, 0.25) is 0 Å². The van der Waals surface area contributed by atoms with Crippen molar-refractivity contribution in [1.29, 1.82) is 0 Å². The summed E-state index contributed by atoms with van der Waals surface area (Å²) in [6.07, 6.45) is 3.89. The first-order chi connectivity index (χ1) is 5.77. The number of anilines is 1. The summed E-state index contributed by atoms with van der Waals surface area (Å²) in [5.41, 5.74) is 6.65. The number of hydrogen-bond acceptors (Lipinski definition) is 4. The van der Waals surface area contributed by atoms with Crippen molar-refractivity contribution in [2.75, 3.05) is 11.5 Å². The molecule has 0 atom stereocenters. The smallest absolute Gasteiger partial charge is 0.152 e. The van der Waals surface area contributed by atoms with Crippen LogP contribution in [0.3, 0.4) is 0 Å². The monoisotopic (exact) mass is 200 g/mol. The third-order valence-corrected chi connectivity index (χ3v) is 3.18. The fourth-order valence-electron chi connectivity index (χ4n) is 0.785. The van der Waals surface area contributed by atoms with Crippen LogP contribution in [0.5, 0.6) is 0 Å². The zero-order chi connectivity index (χ0) is 8.97. The molecular formula is C8H12N2S2. The van der Waals surface area contributed by atoms with Crippen molar-refractivity contribution in [3.8, 4) is 0 Å². The van der Waals surface area contributed by atoms with Crippen molar-refractivity contribution in [3.63, 3.8) is 0 Å². The summed E-state index contributed by atoms with van der Waals surface area (Å²) in [7, 11) is 0. The van der Waals surface area contributed by atoms with E-state index in [2.05, 4.69) is 11.9 Å². The lowest BCUT2D eigenvalue weighted by Crippen LogP contribution is -1.82. The van der Waals surface area contributed by atoms with Crippen molar-refractivity contribution >= 4 is 34.2 Å². The van der Waals surface area contributed by atoms with Gasteiger partial charge in [-0.3, -0.25) is 0 Å². The molecule has 12 heavy (non-hydrogen) atoms. The molecule has 0 saturated heterocycles. The number of thiazole rings is 1. The predicted molar refractivity (Wildman–Crippen MR) is 57.6 cm³/mol. The molecule has 1 rings (SSSR count). The average Bonchev–Trinajstić information content (AvgIpc) is 2.34. The van der Waals surface area contributed by atoms with Crippen LogP contribution in [0.1, 0.15) is 19.5 Å².